The van der Waals surface area contributed by atoms with E-state index in [0.29, 0.717) is 24.9 Å². The van der Waals surface area contributed by atoms with Crippen LogP contribution in [0.3, 0.4) is 0 Å². The molecule has 2 atom stereocenters. The maximum absolute atomic E-state index is 11.9. The molecule has 0 spiro atoms. The Kier molecular flexibility index (Phi) is 4.26. The fourth-order valence-corrected chi connectivity index (χ4v) is 2.29. The van der Waals surface area contributed by atoms with Crippen LogP contribution in [0, 0.1) is 11.8 Å². The highest BCUT2D eigenvalue weighted by atomic mass is 16.4. The van der Waals surface area contributed by atoms with E-state index in [-0.39, 0.29) is 11.7 Å². The van der Waals surface area contributed by atoms with Gasteiger partial charge in [-0.05, 0) is 11.8 Å². The number of imidazole rings is 1. The molecular formula is C13H20N4O3. The largest absolute Gasteiger partial charge is 0.476 e. The van der Waals surface area contributed by atoms with Crippen LogP contribution < -0.4 is 5.32 Å². The minimum atomic E-state index is -1.05. The average molecular weight is 280 g/mol. The number of hydrogen-bond donors (Lipinski definition) is 2. The van der Waals surface area contributed by atoms with E-state index in [2.05, 4.69) is 24.1 Å². The standard InChI is InChI=1S/C13H20N4O3/c1-9-5-17(6-10(9)2)13(20)14-3-4-16-7-11(12(18)19)15-8-16/h7-10H,3-6H2,1-2H3,(H,14,20)(H,18,19). The number of nitrogens with zero attached hydrogens (tertiary/aromatic N) is 3. The van der Waals surface area contributed by atoms with Crippen molar-refractivity contribution in [3.8, 4) is 0 Å². The van der Waals surface area contributed by atoms with Crippen LogP contribution in [0.4, 0.5) is 4.79 Å². The number of carboxylic acids is 1. The van der Waals surface area contributed by atoms with E-state index < -0.39 is 5.97 Å². The third-order valence-electron chi connectivity index (χ3n) is 3.77. The first kappa shape index (κ1) is 14.4. The molecule has 0 aliphatic carbocycles. The lowest BCUT2D eigenvalue weighted by molar-refractivity contribution is 0.0691. The van der Waals surface area contributed by atoms with Gasteiger partial charge in [-0.1, -0.05) is 13.8 Å². The first-order valence-electron chi connectivity index (χ1n) is 6.75. The van der Waals surface area contributed by atoms with Crippen LogP contribution in [0.1, 0.15) is 24.3 Å². The van der Waals surface area contributed by atoms with Gasteiger partial charge in [0.25, 0.3) is 0 Å². The van der Waals surface area contributed by atoms with Crippen molar-refractivity contribution >= 4 is 12.0 Å². The Hall–Kier alpha value is -2.05. The second-order valence-corrected chi connectivity index (χ2v) is 5.39. The summed E-state index contributed by atoms with van der Waals surface area (Å²) < 4.78 is 1.65. The Morgan fingerprint density at radius 2 is 2.05 bits per heavy atom. The summed E-state index contributed by atoms with van der Waals surface area (Å²) in [5, 5.41) is 11.6. The Morgan fingerprint density at radius 1 is 1.40 bits per heavy atom. The molecular weight excluding hydrogens is 260 g/mol. The lowest BCUT2D eigenvalue weighted by Gasteiger charge is -2.17. The molecule has 0 saturated carbocycles. The van der Waals surface area contributed by atoms with Crippen molar-refractivity contribution in [3.63, 3.8) is 0 Å². The van der Waals surface area contributed by atoms with E-state index in [1.54, 1.807) is 4.57 Å². The molecule has 1 saturated heterocycles. The monoisotopic (exact) mass is 280 g/mol. The highest BCUT2D eigenvalue weighted by molar-refractivity contribution is 5.84. The number of likely N-dealkylation sites (tertiary alicyclic amines) is 1. The molecule has 0 aromatic carbocycles. The fourth-order valence-electron chi connectivity index (χ4n) is 2.29. The van der Waals surface area contributed by atoms with Gasteiger partial charge in [-0.25, -0.2) is 14.6 Å². The third kappa shape index (κ3) is 3.28. The van der Waals surface area contributed by atoms with E-state index >= 15 is 0 Å². The molecule has 1 aliphatic heterocycles. The topological polar surface area (TPSA) is 87.5 Å². The summed E-state index contributed by atoms with van der Waals surface area (Å²) in [5.74, 6) is 0.0212. The van der Waals surface area contributed by atoms with Crippen molar-refractivity contribution in [3.05, 3.63) is 18.2 Å². The molecule has 1 aromatic rings. The summed E-state index contributed by atoms with van der Waals surface area (Å²) in [6, 6.07) is -0.0558. The molecule has 7 heteroatoms. The van der Waals surface area contributed by atoms with Gasteiger partial charge in [0.1, 0.15) is 0 Å². The van der Waals surface area contributed by atoms with Gasteiger partial charge in [-0.15, -0.1) is 0 Å². The van der Waals surface area contributed by atoms with Crippen molar-refractivity contribution in [2.24, 2.45) is 11.8 Å². The van der Waals surface area contributed by atoms with Crippen LogP contribution >= 0.6 is 0 Å². The second-order valence-electron chi connectivity index (χ2n) is 5.39. The molecule has 1 fully saturated rings. The van der Waals surface area contributed by atoms with Gasteiger partial charge in [0, 0.05) is 32.4 Å². The number of amides is 2. The van der Waals surface area contributed by atoms with Gasteiger partial charge < -0.3 is 19.9 Å². The highest BCUT2D eigenvalue weighted by Crippen LogP contribution is 2.21. The predicted octanol–water partition coefficient (Wildman–Crippen LogP) is 0.879. The zero-order valence-electron chi connectivity index (χ0n) is 11.7. The van der Waals surface area contributed by atoms with Crippen LogP contribution in [0.15, 0.2) is 12.5 Å². The van der Waals surface area contributed by atoms with Crippen LogP contribution in [0.5, 0.6) is 0 Å². The molecule has 2 heterocycles. The maximum atomic E-state index is 11.9. The van der Waals surface area contributed by atoms with Crippen LogP contribution in [0.25, 0.3) is 0 Å². The molecule has 1 aliphatic rings. The molecule has 1 aromatic heterocycles. The van der Waals surface area contributed by atoms with Crippen LogP contribution in [-0.4, -0.2) is 51.2 Å². The number of rotatable bonds is 4. The highest BCUT2D eigenvalue weighted by Gasteiger charge is 2.28. The Balaban J connectivity index is 1.75. The lowest BCUT2D eigenvalue weighted by Crippen LogP contribution is -2.39. The summed E-state index contributed by atoms with van der Waals surface area (Å²) in [5.41, 5.74) is 0.0125. The number of carbonyl (C=O) groups excluding carboxylic acids is 1. The zero-order valence-corrected chi connectivity index (χ0v) is 11.7. The molecule has 20 heavy (non-hydrogen) atoms. The quantitative estimate of drug-likeness (QED) is 0.857. The summed E-state index contributed by atoms with van der Waals surface area (Å²) in [7, 11) is 0. The van der Waals surface area contributed by atoms with E-state index in [1.807, 2.05) is 4.90 Å². The number of carbonyl (C=O) groups is 2. The van der Waals surface area contributed by atoms with Crippen molar-refractivity contribution in [1.82, 2.24) is 19.8 Å². The Morgan fingerprint density at radius 3 is 2.60 bits per heavy atom. The molecule has 2 N–H and O–H groups in total. The first-order chi connectivity index (χ1) is 9.47. The minimum absolute atomic E-state index is 0.0125. The van der Waals surface area contributed by atoms with Crippen LogP contribution in [-0.2, 0) is 6.54 Å². The minimum Gasteiger partial charge on any atom is -0.476 e. The molecule has 110 valence electrons. The van der Waals surface area contributed by atoms with Gasteiger partial charge >= 0.3 is 12.0 Å². The molecule has 2 unspecified atom stereocenters. The van der Waals surface area contributed by atoms with Gasteiger partial charge in [-0.2, -0.15) is 0 Å². The summed E-state index contributed by atoms with van der Waals surface area (Å²) >= 11 is 0. The predicted molar refractivity (Wildman–Crippen MR) is 72.5 cm³/mol. The molecule has 2 rings (SSSR count). The smallest absolute Gasteiger partial charge is 0.356 e. The van der Waals surface area contributed by atoms with Gasteiger partial charge in [0.15, 0.2) is 5.69 Å². The summed E-state index contributed by atoms with van der Waals surface area (Å²) in [4.78, 5) is 28.2. The molecule has 0 radical (unpaired) electrons. The average Bonchev–Trinajstić information content (AvgIpc) is 2.98. The third-order valence-corrected chi connectivity index (χ3v) is 3.77. The number of hydrogen-bond acceptors (Lipinski definition) is 3. The van der Waals surface area contributed by atoms with Crippen molar-refractivity contribution in [2.75, 3.05) is 19.6 Å². The first-order valence-corrected chi connectivity index (χ1v) is 6.75. The number of nitrogens with one attached hydrogen (secondary N) is 1. The second kappa shape index (κ2) is 5.94. The lowest BCUT2D eigenvalue weighted by atomic mass is 10.0. The Bertz CT molecular complexity index is 490. The van der Waals surface area contributed by atoms with Crippen molar-refractivity contribution in [2.45, 2.75) is 20.4 Å². The SMILES string of the molecule is CC1CN(C(=O)NCCn2cnc(C(=O)O)c2)CC1C. The Labute approximate surface area is 117 Å². The summed E-state index contributed by atoms with van der Waals surface area (Å²) in [6.45, 7) is 6.84. The molecule has 7 nitrogen and oxygen atoms in total. The van der Waals surface area contributed by atoms with Crippen LogP contribution in [0.2, 0.25) is 0 Å². The van der Waals surface area contributed by atoms with E-state index in [1.165, 1.54) is 12.5 Å². The molecule has 2 amide bonds. The fraction of sp³-hybridized carbons (Fsp3) is 0.615. The van der Waals surface area contributed by atoms with Gasteiger partial charge in [0.05, 0.1) is 6.33 Å². The molecule has 0 bridgehead atoms. The van der Waals surface area contributed by atoms with E-state index in [4.69, 9.17) is 5.11 Å². The van der Waals surface area contributed by atoms with E-state index in [9.17, 15) is 9.59 Å². The number of aromatic carboxylic acids is 1. The number of urea groups is 1. The maximum Gasteiger partial charge on any atom is 0.356 e. The normalized spacial score (nSPS) is 22.0. The zero-order chi connectivity index (χ0) is 14.7. The van der Waals surface area contributed by atoms with E-state index in [0.717, 1.165) is 13.1 Å². The number of carboxylic acid groups (broad SMARTS) is 1. The van der Waals surface area contributed by atoms with Crippen molar-refractivity contribution in [1.29, 1.82) is 0 Å². The van der Waals surface area contributed by atoms with Crippen molar-refractivity contribution < 1.29 is 14.7 Å². The summed E-state index contributed by atoms with van der Waals surface area (Å²) in [6.07, 6.45) is 2.91. The van der Waals surface area contributed by atoms with Gasteiger partial charge in [-0.3, -0.25) is 0 Å². The number of aromatic nitrogens is 2. The van der Waals surface area contributed by atoms with Gasteiger partial charge in [0.2, 0.25) is 0 Å².